The van der Waals surface area contributed by atoms with Gasteiger partial charge in [-0.3, -0.25) is 0 Å². The number of nitrogens with one attached hydrogen (secondary N) is 1. The van der Waals surface area contributed by atoms with Crippen molar-refractivity contribution in [1.82, 2.24) is 10.3 Å². The van der Waals surface area contributed by atoms with Crippen molar-refractivity contribution in [1.29, 1.82) is 0 Å². The molecule has 0 fully saturated rings. The molecule has 0 unspecified atom stereocenters. The lowest BCUT2D eigenvalue weighted by atomic mass is 10.3. The molecular weight excluding hydrogens is 186 g/mol. The van der Waals surface area contributed by atoms with Crippen LogP contribution in [0.1, 0.15) is 19.4 Å². The van der Waals surface area contributed by atoms with Crippen molar-refractivity contribution in [2.24, 2.45) is 0 Å². The van der Waals surface area contributed by atoms with E-state index in [4.69, 9.17) is 0 Å². The Morgan fingerprint density at radius 1 is 1.47 bits per heavy atom. The first-order chi connectivity index (χ1) is 7.09. The average Bonchev–Trinajstić information content (AvgIpc) is 2.17. The molecule has 1 heterocycles. The summed E-state index contributed by atoms with van der Waals surface area (Å²) < 4.78 is 0. The van der Waals surface area contributed by atoms with Gasteiger partial charge in [0.15, 0.2) is 0 Å². The summed E-state index contributed by atoms with van der Waals surface area (Å²) in [5.74, 6) is 1.04. The SMILES string of the molecule is Cc1ccnc(N(C)CCNC(C)C)c1. The molecule has 0 spiro atoms. The fourth-order valence-electron chi connectivity index (χ4n) is 1.36. The lowest BCUT2D eigenvalue weighted by Gasteiger charge is -2.19. The number of hydrogen-bond acceptors (Lipinski definition) is 3. The smallest absolute Gasteiger partial charge is 0.128 e. The highest BCUT2D eigenvalue weighted by Gasteiger charge is 2.01. The topological polar surface area (TPSA) is 28.2 Å². The molecule has 0 aromatic carbocycles. The lowest BCUT2D eigenvalue weighted by molar-refractivity contribution is 0.588. The summed E-state index contributed by atoms with van der Waals surface area (Å²) in [5.41, 5.74) is 1.25. The molecule has 0 radical (unpaired) electrons. The first-order valence-electron chi connectivity index (χ1n) is 5.47. The van der Waals surface area contributed by atoms with Gasteiger partial charge in [-0.05, 0) is 24.6 Å². The first-order valence-corrected chi connectivity index (χ1v) is 5.47. The van der Waals surface area contributed by atoms with Crippen molar-refractivity contribution >= 4 is 5.82 Å². The molecule has 0 atom stereocenters. The third kappa shape index (κ3) is 4.30. The monoisotopic (exact) mass is 207 g/mol. The number of aryl methyl sites for hydroxylation is 1. The van der Waals surface area contributed by atoms with Gasteiger partial charge in [0.25, 0.3) is 0 Å². The Morgan fingerprint density at radius 3 is 2.80 bits per heavy atom. The van der Waals surface area contributed by atoms with E-state index in [1.165, 1.54) is 5.56 Å². The fraction of sp³-hybridized carbons (Fsp3) is 0.583. The zero-order valence-corrected chi connectivity index (χ0v) is 10.1. The maximum absolute atomic E-state index is 4.34. The van der Waals surface area contributed by atoms with Crippen LogP contribution in [0.3, 0.4) is 0 Å². The van der Waals surface area contributed by atoms with E-state index >= 15 is 0 Å². The molecule has 1 aromatic heterocycles. The standard InChI is InChI=1S/C12H21N3/c1-10(2)13-7-8-15(4)12-9-11(3)5-6-14-12/h5-6,9-10,13H,7-8H2,1-4H3. The summed E-state index contributed by atoms with van der Waals surface area (Å²) in [6.45, 7) is 8.37. The average molecular weight is 207 g/mol. The molecule has 1 N–H and O–H groups in total. The molecule has 84 valence electrons. The molecule has 3 nitrogen and oxygen atoms in total. The molecule has 0 amide bonds. The summed E-state index contributed by atoms with van der Waals surface area (Å²) in [7, 11) is 2.07. The summed E-state index contributed by atoms with van der Waals surface area (Å²) >= 11 is 0. The highest BCUT2D eigenvalue weighted by atomic mass is 15.2. The van der Waals surface area contributed by atoms with Gasteiger partial charge in [0.2, 0.25) is 0 Å². The Morgan fingerprint density at radius 2 is 2.20 bits per heavy atom. The Kier molecular flexibility index (Phi) is 4.56. The van der Waals surface area contributed by atoms with Gasteiger partial charge in [-0.1, -0.05) is 13.8 Å². The zero-order chi connectivity index (χ0) is 11.3. The number of nitrogens with zero attached hydrogens (tertiary/aromatic N) is 2. The molecule has 0 aliphatic rings. The van der Waals surface area contributed by atoms with Crippen LogP contribution in [0.15, 0.2) is 18.3 Å². The molecule has 0 saturated carbocycles. The van der Waals surface area contributed by atoms with Gasteiger partial charge in [0.05, 0.1) is 0 Å². The molecular formula is C12H21N3. The van der Waals surface area contributed by atoms with E-state index < -0.39 is 0 Å². The maximum Gasteiger partial charge on any atom is 0.128 e. The van der Waals surface area contributed by atoms with Crippen LogP contribution in [-0.4, -0.2) is 31.2 Å². The van der Waals surface area contributed by atoms with Crippen LogP contribution in [0.5, 0.6) is 0 Å². The Balaban J connectivity index is 2.43. The second kappa shape index (κ2) is 5.71. The van der Waals surface area contributed by atoms with Crippen LogP contribution < -0.4 is 10.2 Å². The van der Waals surface area contributed by atoms with Crippen LogP contribution in [0, 0.1) is 6.92 Å². The zero-order valence-electron chi connectivity index (χ0n) is 10.1. The van der Waals surface area contributed by atoms with Crippen molar-refractivity contribution < 1.29 is 0 Å². The van der Waals surface area contributed by atoms with Gasteiger partial charge < -0.3 is 10.2 Å². The van der Waals surface area contributed by atoms with E-state index in [9.17, 15) is 0 Å². The minimum atomic E-state index is 0.545. The Bertz CT molecular complexity index is 297. The fourth-order valence-corrected chi connectivity index (χ4v) is 1.36. The van der Waals surface area contributed by atoms with Gasteiger partial charge in [0, 0.05) is 32.4 Å². The lowest BCUT2D eigenvalue weighted by Crippen LogP contribution is -2.33. The quantitative estimate of drug-likeness (QED) is 0.798. The molecule has 1 rings (SSSR count). The van der Waals surface area contributed by atoms with Crippen molar-refractivity contribution in [3.05, 3.63) is 23.9 Å². The highest BCUT2D eigenvalue weighted by molar-refractivity contribution is 5.39. The Labute approximate surface area is 92.5 Å². The number of rotatable bonds is 5. The molecule has 0 saturated heterocycles. The molecule has 1 aromatic rings. The van der Waals surface area contributed by atoms with E-state index in [1.54, 1.807) is 0 Å². The summed E-state index contributed by atoms with van der Waals surface area (Å²) in [5, 5.41) is 3.39. The minimum absolute atomic E-state index is 0.545. The predicted octanol–water partition coefficient (Wildman–Crippen LogP) is 1.82. The van der Waals surface area contributed by atoms with Crippen molar-refractivity contribution in [3.8, 4) is 0 Å². The molecule has 0 aliphatic carbocycles. The van der Waals surface area contributed by atoms with Crippen LogP contribution in [0.25, 0.3) is 0 Å². The van der Waals surface area contributed by atoms with E-state index in [2.05, 4.69) is 49.1 Å². The van der Waals surface area contributed by atoms with Gasteiger partial charge >= 0.3 is 0 Å². The highest BCUT2D eigenvalue weighted by Crippen LogP contribution is 2.09. The third-order valence-corrected chi connectivity index (χ3v) is 2.29. The Hall–Kier alpha value is -1.09. The van der Waals surface area contributed by atoms with Gasteiger partial charge in [-0.25, -0.2) is 4.98 Å². The number of aromatic nitrogens is 1. The van der Waals surface area contributed by atoms with E-state index in [0.29, 0.717) is 6.04 Å². The number of anilines is 1. The first kappa shape index (κ1) is 12.0. The molecule has 0 bridgehead atoms. The number of hydrogen-bond donors (Lipinski definition) is 1. The number of pyridine rings is 1. The summed E-state index contributed by atoms with van der Waals surface area (Å²) in [6.07, 6.45) is 1.86. The number of likely N-dealkylation sites (N-methyl/N-ethyl adjacent to an activating group) is 1. The molecule has 15 heavy (non-hydrogen) atoms. The van der Waals surface area contributed by atoms with Crippen molar-refractivity contribution in [2.45, 2.75) is 26.8 Å². The van der Waals surface area contributed by atoms with Gasteiger partial charge in [0.1, 0.15) is 5.82 Å². The summed E-state index contributed by atoms with van der Waals surface area (Å²) in [6, 6.07) is 4.67. The second-order valence-electron chi connectivity index (χ2n) is 4.22. The van der Waals surface area contributed by atoms with Crippen LogP contribution in [0.2, 0.25) is 0 Å². The minimum Gasteiger partial charge on any atom is -0.358 e. The van der Waals surface area contributed by atoms with Crippen LogP contribution in [-0.2, 0) is 0 Å². The van der Waals surface area contributed by atoms with E-state index in [1.807, 2.05) is 12.3 Å². The van der Waals surface area contributed by atoms with Crippen molar-refractivity contribution in [3.63, 3.8) is 0 Å². The largest absolute Gasteiger partial charge is 0.358 e. The van der Waals surface area contributed by atoms with Crippen molar-refractivity contribution in [2.75, 3.05) is 25.0 Å². The maximum atomic E-state index is 4.34. The predicted molar refractivity (Wildman–Crippen MR) is 65.4 cm³/mol. The van der Waals surface area contributed by atoms with E-state index in [0.717, 1.165) is 18.9 Å². The normalized spacial score (nSPS) is 10.7. The van der Waals surface area contributed by atoms with Gasteiger partial charge in [-0.15, -0.1) is 0 Å². The summed E-state index contributed by atoms with van der Waals surface area (Å²) in [4.78, 5) is 6.50. The molecule has 0 aliphatic heterocycles. The van der Waals surface area contributed by atoms with E-state index in [-0.39, 0.29) is 0 Å². The second-order valence-corrected chi connectivity index (χ2v) is 4.22. The third-order valence-electron chi connectivity index (χ3n) is 2.29. The molecule has 3 heteroatoms. The van der Waals surface area contributed by atoms with Gasteiger partial charge in [-0.2, -0.15) is 0 Å². The van der Waals surface area contributed by atoms with Crippen LogP contribution >= 0.6 is 0 Å². The van der Waals surface area contributed by atoms with Crippen LogP contribution in [0.4, 0.5) is 5.82 Å².